The maximum atomic E-state index is 13.2. The summed E-state index contributed by atoms with van der Waals surface area (Å²) in [5, 5.41) is 31.6. The molecular weight excluding hydrogens is 1020 g/mol. The van der Waals surface area contributed by atoms with Crippen LogP contribution in [0.25, 0.3) is 0 Å². The Morgan fingerprint density at radius 3 is 1.21 bits per heavy atom. The van der Waals surface area contributed by atoms with Crippen molar-refractivity contribution >= 4 is 23.9 Å². The van der Waals surface area contributed by atoms with Crippen molar-refractivity contribution in [1.82, 2.24) is 0 Å². The van der Waals surface area contributed by atoms with Crippen LogP contribution in [0.5, 0.6) is 0 Å². The van der Waals surface area contributed by atoms with E-state index in [1.54, 1.807) is 0 Å². The van der Waals surface area contributed by atoms with Crippen LogP contribution in [-0.2, 0) is 42.9 Å². The highest BCUT2D eigenvalue weighted by atomic mass is 16.7. The van der Waals surface area contributed by atoms with Crippen LogP contribution in [0.4, 0.5) is 0 Å². The molecular formula is C69H118O12. The minimum absolute atomic E-state index is 0.0596. The molecule has 0 radical (unpaired) electrons. The van der Waals surface area contributed by atoms with Crippen LogP contribution < -0.4 is 0 Å². The molecule has 0 amide bonds. The molecule has 1 aliphatic heterocycles. The van der Waals surface area contributed by atoms with E-state index in [0.29, 0.717) is 19.3 Å². The molecule has 0 saturated carbocycles. The third kappa shape index (κ3) is 46.3. The average molecular weight is 1140 g/mol. The molecule has 1 aliphatic rings. The molecule has 1 fully saturated rings. The van der Waals surface area contributed by atoms with E-state index in [4.69, 9.17) is 23.7 Å². The van der Waals surface area contributed by atoms with Gasteiger partial charge >= 0.3 is 23.9 Å². The number of unbranched alkanes of at least 4 members (excludes halogenated alkanes) is 30. The van der Waals surface area contributed by atoms with E-state index in [1.165, 1.54) is 96.3 Å². The van der Waals surface area contributed by atoms with E-state index >= 15 is 0 Å². The van der Waals surface area contributed by atoms with Crippen molar-refractivity contribution in [3.8, 4) is 0 Å². The molecule has 3 N–H and O–H groups in total. The molecule has 6 unspecified atom stereocenters. The second-order valence-electron chi connectivity index (χ2n) is 22.4. The number of aliphatic carboxylic acids is 1. The maximum absolute atomic E-state index is 13.2. The Morgan fingerprint density at radius 2 is 0.778 bits per heavy atom. The lowest BCUT2D eigenvalue weighted by Gasteiger charge is -2.40. The molecule has 6 atom stereocenters. The summed E-state index contributed by atoms with van der Waals surface area (Å²) in [6, 6.07) is 0. The summed E-state index contributed by atoms with van der Waals surface area (Å²) in [7, 11) is 0. The molecule has 0 spiro atoms. The van der Waals surface area contributed by atoms with Gasteiger partial charge in [0.25, 0.3) is 0 Å². The fourth-order valence-corrected chi connectivity index (χ4v) is 9.74. The summed E-state index contributed by atoms with van der Waals surface area (Å²) in [6.07, 6.45) is 60.0. The van der Waals surface area contributed by atoms with Crippen LogP contribution >= 0.6 is 0 Å². The number of carbonyl (C=O) groups excluding carboxylic acids is 3. The Hall–Kier alpha value is -3.84. The Kier molecular flexibility index (Phi) is 52.6. The van der Waals surface area contributed by atoms with E-state index in [-0.39, 0.29) is 25.9 Å². The first-order valence-corrected chi connectivity index (χ1v) is 32.9. The van der Waals surface area contributed by atoms with Crippen molar-refractivity contribution in [2.24, 2.45) is 0 Å². The van der Waals surface area contributed by atoms with Gasteiger partial charge in [-0.25, -0.2) is 4.79 Å². The highest BCUT2D eigenvalue weighted by Crippen LogP contribution is 2.27. The third-order valence-electron chi connectivity index (χ3n) is 14.8. The molecule has 1 saturated heterocycles. The molecule has 0 bridgehead atoms. The Morgan fingerprint density at radius 1 is 0.420 bits per heavy atom. The molecule has 466 valence electrons. The maximum Gasteiger partial charge on any atom is 0.335 e. The van der Waals surface area contributed by atoms with Gasteiger partial charge in [0.15, 0.2) is 24.6 Å². The predicted octanol–water partition coefficient (Wildman–Crippen LogP) is 17.7. The zero-order chi connectivity index (χ0) is 58.9. The largest absolute Gasteiger partial charge is 0.479 e. The summed E-state index contributed by atoms with van der Waals surface area (Å²) >= 11 is 0. The van der Waals surface area contributed by atoms with Gasteiger partial charge in [-0.05, 0) is 89.9 Å². The number of carboxylic acids is 1. The van der Waals surface area contributed by atoms with Crippen LogP contribution in [0.2, 0.25) is 0 Å². The van der Waals surface area contributed by atoms with E-state index in [9.17, 15) is 34.5 Å². The number of ether oxygens (including phenoxy) is 5. The predicted molar refractivity (Wildman–Crippen MR) is 331 cm³/mol. The highest BCUT2D eigenvalue weighted by molar-refractivity contribution is 5.74. The molecule has 0 aromatic rings. The summed E-state index contributed by atoms with van der Waals surface area (Å²) in [4.78, 5) is 51.3. The van der Waals surface area contributed by atoms with E-state index < -0.39 is 67.3 Å². The highest BCUT2D eigenvalue weighted by Gasteiger charge is 2.50. The van der Waals surface area contributed by atoms with Crippen LogP contribution in [0.1, 0.15) is 290 Å². The van der Waals surface area contributed by atoms with Gasteiger partial charge in [0.05, 0.1) is 6.61 Å². The number of esters is 3. The van der Waals surface area contributed by atoms with Gasteiger partial charge in [-0.15, -0.1) is 0 Å². The molecule has 12 heteroatoms. The minimum atomic E-state index is -1.91. The van der Waals surface area contributed by atoms with E-state index in [2.05, 4.69) is 93.7 Å². The summed E-state index contributed by atoms with van der Waals surface area (Å²) in [6.45, 7) is 5.87. The van der Waals surface area contributed by atoms with Gasteiger partial charge in [-0.3, -0.25) is 14.4 Å². The van der Waals surface area contributed by atoms with Gasteiger partial charge in [0.2, 0.25) is 0 Å². The van der Waals surface area contributed by atoms with Crippen LogP contribution in [-0.4, -0.2) is 89.2 Å². The normalized spacial score (nSPS) is 18.2. The lowest BCUT2D eigenvalue weighted by molar-refractivity contribution is -0.301. The number of hydrogen-bond acceptors (Lipinski definition) is 11. The Bertz CT molecular complexity index is 1680. The molecule has 12 nitrogen and oxygen atoms in total. The minimum Gasteiger partial charge on any atom is -0.479 e. The summed E-state index contributed by atoms with van der Waals surface area (Å²) < 4.78 is 28.5. The molecule has 0 aliphatic carbocycles. The molecule has 81 heavy (non-hydrogen) atoms. The smallest absolute Gasteiger partial charge is 0.335 e. The molecule has 0 aromatic carbocycles. The lowest BCUT2D eigenvalue weighted by atomic mass is 9.98. The number of carbonyl (C=O) groups is 4. The number of allylic oxidation sites excluding steroid dienone is 12. The van der Waals surface area contributed by atoms with Gasteiger partial charge < -0.3 is 39.0 Å². The first kappa shape index (κ1) is 75.2. The standard InChI is InChI=1S/C69H118O12/c1-4-7-10-13-16-19-22-25-28-30-31-33-35-37-40-43-46-49-52-55-61(70)77-58-60(79-62(71)56-53-50-47-44-41-38-34-27-24-21-18-15-12-9-6-3)59-78-69-67(65(74)64(73)66(81-69)68(75)76)80-63(72)57-54-51-48-45-42-39-36-32-29-26-23-20-17-14-11-8-5-2/h7,10,16,18-19,21,25,27-28,31,33-34,60,64-67,69,73-74H,4-6,8-9,11-15,17,20,22-24,26,29-30,32,35-59H2,1-3H3,(H,75,76)/b10-7-,19-16-,21-18-,28-25-,33-31-,34-27-. The zero-order valence-electron chi connectivity index (χ0n) is 51.5. The van der Waals surface area contributed by atoms with E-state index in [0.717, 1.165) is 135 Å². The Labute approximate surface area is 493 Å². The number of hydrogen-bond donors (Lipinski definition) is 3. The molecule has 0 aromatic heterocycles. The van der Waals surface area contributed by atoms with Crippen molar-refractivity contribution in [3.63, 3.8) is 0 Å². The molecule has 1 heterocycles. The topological polar surface area (TPSA) is 175 Å². The van der Waals surface area contributed by atoms with Crippen LogP contribution in [0, 0.1) is 0 Å². The number of aliphatic hydroxyl groups is 2. The van der Waals surface area contributed by atoms with Gasteiger partial charge in [0, 0.05) is 19.3 Å². The fraction of sp³-hybridized carbons (Fsp3) is 0.768. The van der Waals surface area contributed by atoms with Gasteiger partial charge in [0.1, 0.15) is 18.8 Å². The van der Waals surface area contributed by atoms with Crippen molar-refractivity contribution < 1.29 is 58.2 Å². The first-order chi connectivity index (χ1) is 39.6. The summed E-state index contributed by atoms with van der Waals surface area (Å²) in [5.41, 5.74) is 0. The van der Waals surface area contributed by atoms with E-state index in [1.807, 2.05) is 0 Å². The lowest BCUT2D eigenvalue weighted by Crippen LogP contribution is -2.61. The summed E-state index contributed by atoms with van der Waals surface area (Å²) in [5.74, 6) is -3.14. The van der Waals surface area contributed by atoms with Crippen molar-refractivity contribution in [2.45, 2.75) is 327 Å². The van der Waals surface area contributed by atoms with Gasteiger partial charge in [-0.1, -0.05) is 254 Å². The monoisotopic (exact) mass is 1140 g/mol. The van der Waals surface area contributed by atoms with Gasteiger partial charge in [-0.2, -0.15) is 0 Å². The van der Waals surface area contributed by atoms with Crippen molar-refractivity contribution in [2.75, 3.05) is 13.2 Å². The van der Waals surface area contributed by atoms with Crippen LogP contribution in [0.15, 0.2) is 72.9 Å². The van der Waals surface area contributed by atoms with Crippen LogP contribution in [0.3, 0.4) is 0 Å². The van der Waals surface area contributed by atoms with Crippen molar-refractivity contribution in [1.29, 1.82) is 0 Å². The second-order valence-corrected chi connectivity index (χ2v) is 22.4. The second kappa shape index (κ2) is 56.6. The Balaban J connectivity index is 2.66. The quantitative estimate of drug-likeness (QED) is 0.0228. The SMILES string of the molecule is CC/C=C\C/C=C\C/C=C\C/C=C\CCCCCCCCC(=O)OCC(COC1OC(C(=O)O)C(O)C(O)C1OC(=O)CCCCCCCCCCCCCCCCCCC)OC(=O)CCCCCCC/C=C\C/C=C\CCCCC. The number of rotatable bonds is 56. The first-order valence-electron chi connectivity index (χ1n) is 32.9. The zero-order valence-corrected chi connectivity index (χ0v) is 51.5. The fourth-order valence-electron chi connectivity index (χ4n) is 9.74. The third-order valence-corrected chi connectivity index (χ3v) is 14.8. The number of aliphatic hydroxyl groups excluding tert-OH is 2. The van der Waals surface area contributed by atoms with Crippen molar-refractivity contribution in [3.05, 3.63) is 72.9 Å². The molecule has 1 rings (SSSR count). The average Bonchev–Trinajstić information content (AvgIpc) is 3.53. The number of carboxylic acid groups (broad SMARTS) is 1.